The molecule has 0 saturated carbocycles. The molecular weight excluding hydrogens is 332 g/mol. The van der Waals surface area contributed by atoms with Crippen molar-refractivity contribution in [1.29, 1.82) is 0 Å². The molecule has 0 radical (unpaired) electrons. The summed E-state index contributed by atoms with van der Waals surface area (Å²) in [5, 5.41) is 3.42. The van der Waals surface area contributed by atoms with Crippen LogP contribution in [0.3, 0.4) is 0 Å². The number of nitrogens with zero attached hydrogens (tertiary/aromatic N) is 1. The van der Waals surface area contributed by atoms with E-state index >= 15 is 0 Å². The zero-order chi connectivity index (χ0) is 17.9. The quantitative estimate of drug-likeness (QED) is 0.573. The van der Waals surface area contributed by atoms with E-state index in [2.05, 4.69) is 10.3 Å². The number of para-hydroxylation sites is 1. The Morgan fingerprint density at radius 1 is 1.08 bits per heavy atom. The molecule has 128 valence electrons. The van der Waals surface area contributed by atoms with Gasteiger partial charge >= 0.3 is 5.63 Å². The lowest BCUT2D eigenvalue weighted by atomic mass is 10.1. The molecule has 1 aromatic carbocycles. The first-order chi connectivity index (χ1) is 12.7. The number of benzene rings is 1. The lowest BCUT2D eigenvalue weighted by Crippen LogP contribution is -2.27. The molecular formula is C20H14N2O4. The second-order valence-electron chi connectivity index (χ2n) is 5.73. The van der Waals surface area contributed by atoms with Crippen LogP contribution in [0.15, 0.2) is 80.8 Å². The zero-order valence-corrected chi connectivity index (χ0v) is 13.6. The number of carbonyl (C=O) groups is 1. The number of aromatic nitrogens is 1. The van der Waals surface area contributed by atoms with Crippen molar-refractivity contribution in [1.82, 2.24) is 10.3 Å². The van der Waals surface area contributed by atoms with Crippen LogP contribution in [0.2, 0.25) is 0 Å². The number of fused-ring (bicyclic) bond motifs is 1. The molecule has 26 heavy (non-hydrogen) atoms. The lowest BCUT2D eigenvalue weighted by molar-refractivity contribution is 0.0947. The van der Waals surface area contributed by atoms with Crippen molar-refractivity contribution in [2.75, 3.05) is 0 Å². The molecule has 6 heteroatoms. The van der Waals surface area contributed by atoms with E-state index in [0.29, 0.717) is 16.7 Å². The Hall–Kier alpha value is -3.67. The molecule has 0 aliphatic rings. The van der Waals surface area contributed by atoms with Gasteiger partial charge in [-0.05, 0) is 35.9 Å². The number of pyridine rings is 1. The van der Waals surface area contributed by atoms with E-state index in [0.717, 1.165) is 11.1 Å². The fraction of sp³-hybridized carbons (Fsp3) is 0.0500. The summed E-state index contributed by atoms with van der Waals surface area (Å²) in [4.78, 5) is 28.6. The molecule has 3 aromatic heterocycles. The van der Waals surface area contributed by atoms with E-state index in [4.69, 9.17) is 8.83 Å². The van der Waals surface area contributed by atoms with Crippen LogP contribution in [0.1, 0.15) is 15.9 Å². The van der Waals surface area contributed by atoms with Crippen molar-refractivity contribution >= 4 is 16.9 Å². The monoisotopic (exact) mass is 346 g/mol. The highest BCUT2D eigenvalue weighted by molar-refractivity contribution is 5.96. The number of rotatable bonds is 4. The van der Waals surface area contributed by atoms with E-state index in [1.54, 1.807) is 42.9 Å². The molecule has 1 N–H and O–H groups in total. The maximum atomic E-state index is 12.4. The van der Waals surface area contributed by atoms with Crippen molar-refractivity contribution in [3.63, 3.8) is 0 Å². The minimum absolute atomic E-state index is 0.0288. The third-order valence-corrected chi connectivity index (χ3v) is 3.94. The predicted octanol–water partition coefficient (Wildman–Crippen LogP) is 3.38. The van der Waals surface area contributed by atoms with E-state index in [1.807, 2.05) is 18.2 Å². The topological polar surface area (TPSA) is 85.3 Å². The third kappa shape index (κ3) is 3.12. The smallest absolute Gasteiger partial charge is 0.349 e. The fourth-order valence-corrected chi connectivity index (χ4v) is 2.66. The van der Waals surface area contributed by atoms with Gasteiger partial charge in [-0.1, -0.05) is 18.2 Å². The molecule has 4 aromatic rings. The molecule has 0 unspecified atom stereocenters. The molecule has 0 saturated heterocycles. The first-order valence-corrected chi connectivity index (χ1v) is 7.99. The molecule has 4 rings (SSSR count). The minimum atomic E-state index is -0.663. The summed E-state index contributed by atoms with van der Waals surface area (Å²) in [6, 6.07) is 14.1. The van der Waals surface area contributed by atoms with Crippen LogP contribution in [-0.4, -0.2) is 10.9 Å². The predicted molar refractivity (Wildman–Crippen MR) is 95.6 cm³/mol. The summed E-state index contributed by atoms with van der Waals surface area (Å²) in [5.74, 6) is 0.203. The van der Waals surface area contributed by atoms with E-state index < -0.39 is 11.5 Å². The summed E-state index contributed by atoms with van der Waals surface area (Å²) < 4.78 is 10.5. The Kier molecular flexibility index (Phi) is 4.07. The number of carbonyl (C=O) groups excluding carboxylic acids is 1. The average molecular weight is 346 g/mol. The van der Waals surface area contributed by atoms with Crippen molar-refractivity contribution in [2.24, 2.45) is 0 Å². The van der Waals surface area contributed by atoms with Crippen LogP contribution in [0.5, 0.6) is 0 Å². The first-order valence-electron chi connectivity index (χ1n) is 7.99. The molecule has 0 bridgehead atoms. The highest BCUT2D eigenvalue weighted by Gasteiger charge is 2.13. The Morgan fingerprint density at radius 3 is 2.81 bits per heavy atom. The number of nitrogens with one attached hydrogen (secondary N) is 1. The number of hydrogen-bond acceptors (Lipinski definition) is 5. The van der Waals surface area contributed by atoms with Gasteiger partial charge in [0.1, 0.15) is 16.9 Å². The Morgan fingerprint density at radius 2 is 1.96 bits per heavy atom. The van der Waals surface area contributed by atoms with Gasteiger partial charge in [-0.3, -0.25) is 9.78 Å². The standard InChI is InChI=1S/C20H14N2O4/c23-19(16-9-14-4-1-2-5-18(14)26-20(16)24)22-11-13-8-15(12-21-10-13)17-6-3-7-25-17/h1-10,12H,11H2,(H,22,23). The summed E-state index contributed by atoms with van der Waals surface area (Å²) in [6.45, 7) is 0.229. The van der Waals surface area contributed by atoms with Gasteiger partial charge < -0.3 is 14.2 Å². The van der Waals surface area contributed by atoms with E-state index in [9.17, 15) is 9.59 Å². The maximum Gasteiger partial charge on any atom is 0.349 e. The van der Waals surface area contributed by atoms with Crippen molar-refractivity contribution in [3.05, 3.63) is 88.7 Å². The second kappa shape index (κ2) is 6.68. The number of amides is 1. The molecule has 0 aliphatic heterocycles. The lowest BCUT2D eigenvalue weighted by Gasteiger charge is -2.06. The molecule has 3 heterocycles. The van der Waals surface area contributed by atoms with Crippen molar-refractivity contribution in [2.45, 2.75) is 6.54 Å². The number of furan rings is 1. The van der Waals surface area contributed by atoms with Crippen LogP contribution in [-0.2, 0) is 6.54 Å². The van der Waals surface area contributed by atoms with Crippen LogP contribution in [0, 0.1) is 0 Å². The Labute approximate surface area is 148 Å². The Bertz CT molecular complexity index is 1130. The molecule has 0 atom stereocenters. The van der Waals surface area contributed by atoms with Crippen molar-refractivity contribution in [3.8, 4) is 11.3 Å². The maximum absolute atomic E-state index is 12.4. The van der Waals surface area contributed by atoms with Gasteiger partial charge in [0, 0.05) is 29.9 Å². The molecule has 0 fully saturated rings. The second-order valence-corrected chi connectivity index (χ2v) is 5.73. The summed E-state index contributed by atoms with van der Waals surface area (Å²) in [7, 11) is 0. The minimum Gasteiger partial charge on any atom is -0.464 e. The summed E-state index contributed by atoms with van der Waals surface area (Å²) >= 11 is 0. The third-order valence-electron chi connectivity index (χ3n) is 3.94. The normalized spacial score (nSPS) is 10.8. The van der Waals surface area contributed by atoms with Gasteiger partial charge in [0.15, 0.2) is 0 Å². The highest BCUT2D eigenvalue weighted by atomic mass is 16.4. The molecule has 1 amide bonds. The molecule has 0 aliphatic carbocycles. The zero-order valence-electron chi connectivity index (χ0n) is 13.6. The van der Waals surface area contributed by atoms with Gasteiger partial charge in [0.25, 0.3) is 5.91 Å². The van der Waals surface area contributed by atoms with Crippen LogP contribution in [0.25, 0.3) is 22.3 Å². The van der Waals surface area contributed by atoms with Crippen LogP contribution in [0.4, 0.5) is 0 Å². The van der Waals surface area contributed by atoms with Gasteiger partial charge in [0.05, 0.1) is 6.26 Å². The van der Waals surface area contributed by atoms with E-state index in [-0.39, 0.29) is 12.1 Å². The SMILES string of the molecule is O=C(NCc1cncc(-c2ccco2)c1)c1cc2ccccc2oc1=O. The highest BCUT2D eigenvalue weighted by Crippen LogP contribution is 2.19. The van der Waals surface area contributed by atoms with Crippen LogP contribution < -0.4 is 10.9 Å². The van der Waals surface area contributed by atoms with Crippen LogP contribution >= 0.6 is 0 Å². The first kappa shape index (κ1) is 15.8. The molecule has 0 spiro atoms. The molecule has 6 nitrogen and oxygen atoms in total. The van der Waals surface area contributed by atoms with Gasteiger partial charge in [0.2, 0.25) is 0 Å². The van der Waals surface area contributed by atoms with Gasteiger partial charge in [-0.15, -0.1) is 0 Å². The van der Waals surface area contributed by atoms with Gasteiger partial charge in [-0.25, -0.2) is 4.79 Å². The average Bonchev–Trinajstić information content (AvgIpc) is 3.20. The Balaban J connectivity index is 1.53. The fourth-order valence-electron chi connectivity index (χ4n) is 2.66. The van der Waals surface area contributed by atoms with E-state index in [1.165, 1.54) is 6.07 Å². The largest absolute Gasteiger partial charge is 0.464 e. The summed E-state index contributed by atoms with van der Waals surface area (Å²) in [6.07, 6.45) is 4.92. The van der Waals surface area contributed by atoms with Crippen molar-refractivity contribution < 1.29 is 13.6 Å². The number of hydrogen-bond donors (Lipinski definition) is 1. The summed E-state index contributed by atoms with van der Waals surface area (Å²) in [5.41, 5.74) is 1.36. The van der Waals surface area contributed by atoms with Gasteiger partial charge in [-0.2, -0.15) is 0 Å².